The lowest BCUT2D eigenvalue weighted by molar-refractivity contribution is 0.245. The van der Waals surface area contributed by atoms with E-state index in [2.05, 4.69) is 10.2 Å². The first kappa shape index (κ1) is 17.0. The van der Waals surface area contributed by atoms with Crippen LogP contribution < -0.4 is 9.47 Å². The summed E-state index contributed by atoms with van der Waals surface area (Å²) in [7, 11) is 3.19. The summed E-state index contributed by atoms with van der Waals surface area (Å²) in [5, 5.41) is 18.9. The number of ether oxygens (including phenoxy) is 2. The van der Waals surface area contributed by atoms with E-state index >= 15 is 0 Å². The van der Waals surface area contributed by atoms with E-state index < -0.39 is 6.10 Å². The fraction of sp³-hybridized carbons (Fsp3) is 0.263. The third kappa shape index (κ3) is 3.21. The van der Waals surface area contributed by atoms with Crippen LogP contribution in [0.25, 0.3) is 28.3 Å². The lowest BCUT2D eigenvalue weighted by atomic mass is 10.0. The van der Waals surface area contributed by atoms with Gasteiger partial charge in [0, 0.05) is 0 Å². The lowest BCUT2D eigenvalue weighted by Crippen LogP contribution is -1.99. The van der Waals surface area contributed by atoms with Gasteiger partial charge in [0.2, 0.25) is 0 Å². The number of furan rings is 1. The number of aryl methyl sites for hydroxylation is 1. The minimum absolute atomic E-state index is 0.578. The van der Waals surface area contributed by atoms with Crippen molar-refractivity contribution in [2.75, 3.05) is 14.2 Å². The van der Waals surface area contributed by atoms with Crippen LogP contribution in [0.4, 0.5) is 0 Å². The second kappa shape index (κ2) is 6.94. The van der Waals surface area contributed by atoms with Crippen molar-refractivity contribution in [2.45, 2.75) is 20.0 Å². The van der Waals surface area contributed by atoms with E-state index in [-0.39, 0.29) is 0 Å². The molecule has 130 valence electrons. The fourth-order valence-electron chi connectivity index (χ4n) is 2.68. The average molecular weight is 340 g/mol. The Labute approximate surface area is 145 Å². The highest BCUT2D eigenvalue weighted by molar-refractivity contribution is 6.02. The molecular formula is C19H20N2O4. The molecule has 6 heteroatoms. The van der Waals surface area contributed by atoms with Gasteiger partial charge in [0.1, 0.15) is 28.5 Å². The monoisotopic (exact) mass is 340 g/mol. The van der Waals surface area contributed by atoms with E-state index in [0.717, 1.165) is 16.7 Å². The SMILES string of the molecule is COc1ccc(OC)c2c(-c3ccc(C)o3)c(/C=C/C(C)O)nnc12. The molecule has 0 fully saturated rings. The Morgan fingerprint density at radius 3 is 2.40 bits per heavy atom. The van der Waals surface area contributed by atoms with Crippen LogP contribution in [-0.2, 0) is 0 Å². The molecule has 2 aromatic heterocycles. The van der Waals surface area contributed by atoms with Crippen molar-refractivity contribution in [3.05, 3.63) is 41.8 Å². The van der Waals surface area contributed by atoms with Crippen molar-refractivity contribution in [1.29, 1.82) is 0 Å². The molecule has 1 N–H and O–H groups in total. The van der Waals surface area contributed by atoms with Crippen molar-refractivity contribution >= 4 is 17.0 Å². The number of hydrogen-bond donors (Lipinski definition) is 1. The highest BCUT2D eigenvalue weighted by Crippen LogP contribution is 2.40. The summed E-state index contributed by atoms with van der Waals surface area (Å²) < 4.78 is 16.8. The zero-order valence-electron chi connectivity index (χ0n) is 14.6. The van der Waals surface area contributed by atoms with Crippen molar-refractivity contribution in [2.24, 2.45) is 0 Å². The summed E-state index contributed by atoms with van der Waals surface area (Å²) in [4.78, 5) is 0. The second-order valence-electron chi connectivity index (χ2n) is 5.66. The standard InChI is InChI=1S/C19H20N2O4/c1-11(22)5-7-13-17(15-8-6-12(2)25-15)18-14(23-3)9-10-16(24-4)19(18)21-20-13/h5-11,22H,1-4H3/b7-5+. The first-order chi connectivity index (χ1) is 12.0. The molecule has 0 amide bonds. The van der Waals surface area contributed by atoms with Crippen LogP contribution >= 0.6 is 0 Å². The van der Waals surface area contributed by atoms with Crippen molar-refractivity contribution in [3.8, 4) is 22.8 Å². The van der Waals surface area contributed by atoms with Gasteiger partial charge in [-0.2, -0.15) is 0 Å². The van der Waals surface area contributed by atoms with Gasteiger partial charge in [-0.15, -0.1) is 10.2 Å². The van der Waals surface area contributed by atoms with Gasteiger partial charge in [-0.25, -0.2) is 0 Å². The zero-order chi connectivity index (χ0) is 18.0. The molecule has 2 heterocycles. The number of methoxy groups -OCH3 is 2. The largest absolute Gasteiger partial charge is 0.496 e. The highest BCUT2D eigenvalue weighted by Gasteiger charge is 2.20. The number of fused-ring (bicyclic) bond motifs is 1. The number of nitrogens with zero attached hydrogens (tertiary/aromatic N) is 2. The maximum atomic E-state index is 9.57. The number of rotatable bonds is 5. The van der Waals surface area contributed by atoms with Gasteiger partial charge < -0.3 is 19.0 Å². The van der Waals surface area contributed by atoms with Gasteiger partial charge in [-0.3, -0.25) is 0 Å². The molecule has 0 bridgehead atoms. The molecule has 0 saturated heterocycles. The average Bonchev–Trinajstić information content (AvgIpc) is 3.04. The summed E-state index contributed by atoms with van der Waals surface area (Å²) in [6.45, 7) is 3.55. The molecule has 0 aliphatic rings. The van der Waals surface area contributed by atoms with E-state index in [1.165, 1.54) is 0 Å². The highest BCUT2D eigenvalue weighted by atomic mass is 16.5. The van der Waals surface area contributed by atoms with Crippen molar-refractivity contribution in [1.82, 2.24) is 10.2 Å². The van der Waals surface area contributed by atoms with Crippen LogP contribution in [0.3, 0.4) is 0 Å². The van der Waals surface area contributed by atoms with E-state index in [1.54, 1.807) is 39.4 Å². The molecule has 1 unspecified atom stereocenters. The van der Waals surface area contributed by atoms with E-state index in [4.69, 9.17) is 13.9 Å². The summed E-state index contributed by atoms with van der Waals surface area (Å²) in [5.41, 5.74) is 1.90. The topological polar surface area (TPSA) is 77.6 Å². The number of hydrogen-bond acceptors (Lipinski definition) is 6. The molecule has 25 heavy (non-hydrogen) atoms. The number of aliphatic hydroxyl groups excluding tert-OH is 1. The van der Waals surface area contributed by atoms with Gasteiger partial charge in [0.25, 0.3) is 0 Å². The normalized spacial score (nSPS) is 12.7. The smallest absolute Gasteiger partial charge is 0.147 e. The Kier molecular flexibility index (Phi) is 4.72. The van der Waals surface area contributed by atoms with Gasteiger partial charge in [0.15, 0.2) is 0 Å². The van der Waals surface area contributed by atoms with Crippen LogP contribution in [0, 0.1) is 6.92 Å². The predicted molar refractivity (Wildman–Crippen MR) is 95.8 cm³/mol. The van der Waals surface area contributed by atoms with Crippen molar-refractivity contribution < 1.29 is 19.0 Å². The second-order valence-corrected chi connectivity index (χ2v) is 5.66. The fourth-order valence-corrected chi connectivity index (χ4v) is 2.68. The van der Waals surface area contributed by atoms with Gasteiger partial charge in [-0.1, -0.05) is 6.08 Å². The van der Waals surface area contributed by atoms with E-state index in [9.17, 15) is 5.11 Å². The molecule has 6 nitrogen and oxygen atoms in total. The quantitative estimate of drug-likeness (QED) is 0.764. The Bertz CT molecular complexity index is 929. The van der Waals surface area contributed by atoms with E-state index in [0.29, 0.717) is 28.5 Å². The van der Waals surface area contributed by atoms with Crippen LogP contribution in [0.1, 0.15) is 18.4 Å². The molecular weight excluding hydrogens is 320 g/mol. The molecule has 1 aromatic carbocycles. The first-order valence-electron chi connectivity index (χ1n) is 7.89. The molecule has 0 radical (unpaired) electrons. The summed E-state index contributed by atoms with van der Waals surface area (Å²) in [6.07, 6.45) is 2.77. The molecule has 3 aromatic rings. The molecule has 3 rings (SSSR count). The van der Waals surface area contributed by atoms with Crippen LogP contribution in [-0.4, -0.2) is 35.6 Å². The Morgan fingerprint density at radius 2 is 1.80 bits per heavy atom. The summed E-state index contributed by atoms with van der Waals surface area (Å²) >= 11 is 0. The van der Waals surface area contributed by atoms with Gasteiger partial charge in [0.05, 0.1) is 37.0 Å². The lowest BCUT2D eigenvalue weighted by Gasteiger charge is -2.13. The van der Waals surface area contributed by atoms with Gasteiger partial charge >= 0.3 is 0 Å². The molecule has 0 aliphatic heterocycles. The molecule has 0 saturated carbocycles. The Balaban J connectivity index is 2.40. The molecule has 0 aliphatic carbocycles. The number of aliphatic hydroxyl groups is 1. The third-order valence-electron chi connectivity index (χ3n) is 3.83. The maximum absolute atomic E-state index is 9.57. The zero-order valence-corrected chi connectivity index (χ0v) is 14.6. The molecule has 1 atom stereocenters. The maximum Gasteiger partial charge on any atom is 0.147 e. The third-order valence-corrected chi connectivity index (χ3v) is 3.83. The van der Waals surface area contributed by atoms with Crippen LogP contribution in [0.15, 0.2) is 34.8 Å². The number of benzene rings is 1. The molecule has 0 spiro atoms. The Hall–Kier alpha value is -2.86. The Morgan fingerprint density at radius 1 is 1.08 bits per heavy atom. The van der Waals surface area contributed by atoms with Crippen LogP contribution in [0.2, 0.25) is 0 Å². The van der Waals surface area contributed by atoms with Gasteiger partial charge in [-0.05, 0) is 44.2 Å². The summed E-state index contributed by atoms with van der Waals surface area (Å²) in [6, 6.07) is 7.38. The van der Waals surface area contributed by atoms with Crippen LogP contribution in [0.5, 0.6) is 11.5 Å². The summed E-state index contributed by atoms with van der Waals surface area (Å²) in [5.74, 6) is 2.67. The van der Waals surface area contributed by atoms with E-state index in [1.807, 2.05) is 25.1 Å². The number of aromatic nitrogens is 2. The van der Waals surface area contributed by atoms with Crippen molar-refractivity contribution in [3.63, 3.8) is 0 Å². The minimum atomic E-state index is -0.601. The minimum Gasteiger partial charge on any atom is -0.496 e. The first-order valence-corrected chi connectivity index (χ1v) is 7.89. The predicted octanol–water partition coefficient (Wildman–Crippen LogP) is 3.61.